The van der Waals surface area contributed by atoms with Crippen molar-refractivity contribution >= 4 is 21.5 Å². The molecule has 2 N–H and O–H groups in total. The largest absolute Gasteiger partial charge is 0.457 e. The summed E-state index contributed by atoms with van der Waals surface area (Å²) < 4.78 is 32.8. The van der Waals surface area contributed by atoms with Crippen LogP contribution in [0.3, 0.4) is 0 Å². The summed E-state index contributed by atoms with van der Waals surface area (Å²) >= 11 is 0. The highest BCUT2D eigenvalue weighted by molar-refractivity contribution is 7.90. The van der Waals surface area contributed by atoms with E-state index in [0.717, 1.165) is 6.26 Å². The minimum absolute atomic E-state index is 0.0150. The highest BCUT2D eigenvalue weighted by Gasteiger charge is 2.16. The van der Waals surface area contributed by atoms with Crippen molar-refractivity contribution in [3.63, 3.8) is 0 Å². The van der Waals surface area contributed by atoms with Crippen LogP contribution in [0.4, 0.5) is 5.69 Å². The van der Waals surface area contributed by atoms with Gasteiger partial charge in [-0.15, -0.1) is 0 Å². The van der Waals surface area contributed by atoms with Crippen LogP contribution in [0.25, 0.3) is 0 Å². The fourth-order valence-electron chi connectivity index (χ4n) is 1.47. The number of esters is 1. The van der Waals surface area contributed by atoms with Crippen molar-refractivity contribution in [3.05, 3.63) is 23.8 Å². The molecule has 6 nitrogen and oxygen atoms in total. The van der Waals surface area contributed by atoms with Crippen molar-refractivity contribution in [2.45, 2.75) is 17.9 Å². The number of hydrogen-bond acceptors (Lipinski definition) is 6. The molecule has 0 spiro atoms. The number of hydrogen-bond donors (Lipinski definition) is 1. The molecule has 1 rings (SSSR count). The molecule has 0 aliphatic carbocycles. The molecule has 0 fully saturated rings. The van der Waals surface area contributed by atoms with Gasteiger partial charge in [-0.2, -0.15) is 0 Å². The molecule has 0 saturated heterocycles. The van der Waals surface area contributed by atoms with Crippen LogP contribution in [0.2, 0.25) is 0 Å². The monoisotopic (exact) mass is 287 g/mol. The Labute approximate surface area is 112 Å². The number of carbonyl (C=O) groups excluding carboxylic acids is 1. The van der Waals surface area contributed by atoms with Gasteiger partial charge in [-0.05, 0) is 25.1 Å². The number of sulfone groups is 1. The Morgan fingerprint density at radius 2 is 2.00 bits per heavy atom. The highest BCUT2D eigenvalue weighted by Crippen LogP contribution is 2.18. The smallest absolute Gasteiger partial charge is 0.338 e. The fraction of sp³-hybridized carbons (Fsp3) is 0.417. The number of nitrogens with two attached hydrogens (primary N) is 1. The Morgan fingerprint density at radius 1 is 1.37 bits per heavy atom. The zero-order valence-electron chi connectivity index (χ0n) is 11.0. The number of rotatable bonds is 5. The lowest BCUT2D eigenvalue weighted by Crippen LogP contribution is -2.20. The van der Waals surface area contributed by atoms with Crippen molar-refractivity contribution < 1.29 is 22.7 Å². The van der Waals surface area contributed by atoms with Gasteiger partial charge in [-0.25, -0.2) is 13.2 Å². The van der Waals surface area contributed by atoms with Crippen molar-refractivity contribution in [3.8, 4) is 0 Å². The average molecular weight is 287 g/mol. The molecular formula is C12H17NO5S. The number of nitrogen functional groups attached to an aromatic ring is 1. The lowest BCUT2D eigenvalue weighted by atomic mass is 10.2. The van der Waals surface area contributed by atoms with Gasteiger partial charge < -0.3 is 15.2 Å². The highest BCUT2D eigenvalue weighted by atomic mass is 32.2. The number of carbonyl (C=O) groups is 1. The van der Waals surface area contributed by atoms with E-state index in [2.05, 4.69) is 0 Å². The second-order valence-electron chi connectivity index (χ2n) is 4.23. The molecular weight excluding hydrogens is 270 g/mol. The summed E-state index contributed by atoms with van der Waals surface area (Å²) in [5.74, 6) is -0.637. The minimum Gasteiger partial charge on any atom is -0.457 e. The molecule has 1 unspecified atom stereocenters. The molecule has 0 saturated carbocycles. The van der Waals surface area contributed by atoms with E-state index in [0.29, 0.717) is 0 Å². The maximum Gasteiger partial charge on any atom is 0.338 e. The van der Waals surface area contributed by atoms with Crippen LogP contribution in [0.5, 0.6) is 0 Å². The second-order valence-corrected chi connectivity index (χ2v) is 6.25. The Kier molecular flexibility index (Phi) is 4.90. The molecule has 0 amide bonds. The van der Waals surface area contributed by atoms with E-state index in [-0.39, 0.29) is 22.8 Å². The molecule has 19 heavy (non-hydrogen) atoms. The third kappa shape index (κ3) is 4.53. The molecule has 0 aliphatic rings. The van der Waals surface area contributed by atoms with Gasteiger partial charge in [0, 0.05) is 19.1 Å². The van der Waals surface area contributed by atoms with Crippen molar-refractivity contribution in [2.24, 2.45) is 0 Å². The Hall–Kier alpha value is -1.60. The summed E-state index contributed by atoms with van der Waals surface area (Å²) in [6, 6.07) is 3.91. The van der Waals surface area contributed by atoms with Crippen molar-refractivity contribution in [1.29, 1.82) is 0 Å². The normalized spacial score (nSPS) is 13.0. The van der Waals surface area contributed by atoms with Crippen molar-refractivity contribution in [2.75, 3.05) is 25.7 Å². The van der Waals surface area contributed by atoms with E-state index in [1.54, 1.807) is 6.92 Å². The van der Waals surface area contributed by atoms with E-state index in [4.69, 9.17) is 15.2 Å². The van der Waals surface area contributed by atoms with E-state index < -0.39 is 21.9 Å². The molecule has 7 heteroatoms. The molecule has 106 valence electrons. The molecule has 1 aromatic carbocycles. The molecule has 0 radical (unpaired) electrons. The average Bonchev–Trinajstić information content (AvgIpc) is 2.27. The van der Waals surface area contributed by atoms with Crippen LogP contribution in [-0.2, 0) is 19.3 Å². The van der Waals surface area contributed by atoms with Gasteiger partial charge in [-0.1, -0.05) is 0 Å². The standard InChI is InChI=1S/C12H17NO5S/c1-8(7-17-2)18-12(14)9-4-10(13)6-11(5-9)19(3,15)16/h4-6,8H,7,13H2,1-3H3. The maximum absolute atomic E-state index is 11.8. The van der Waals surface area contributed by atoms with Crippen LogP contribution >= 0.6 is 0 Å². The van der Waals surface area contributed by atoms with Crippen molar-refractivity contribution in [1.82, 2.24) is 0 Å². The summed E-state index contributed by atoms with van der Waals surface area (Å²) in [5.41, 5.74) is 5.88. The van der Waals surface area contributed by atoms with Gasteiger partial charge in [-0.3, -0.25) is 0 Å². The summed E-state index contributed by atoms with van der Waals surface area (Å²) in [7, 11) is -1.94. The SMILES string of the molecule is COCC(C)OC(=O)c1cc(N)cc(S(C)(=O)=O)c1. The zero-order valence-corrected chi connectivity index (χ0v) is 11.9. The van der Waals surface area contributed by atoms with Gasteiger partial charge in [0.1, 0.15) is 6.10 Å². The van der Waals surface area contributed by atoms with E-state index in [1.165, 1.54) is 25.3 Å². The summed E-state index contributed by atoms with van der Waals surface area (Å²) in [5, 5.41) is 0. The Morgan fingerprint density at radius 3 is 2.53 bits per heavy atom. The number of anilines is 1. The summed E-state index contributed by atoms with van der Waals surface area (Å²) in [4.78, 5) is 11.8. The quantitative estimate of drug-likeness (QED) is 0.637. The fourth-order valence-corrected chi connectivity index (χ4v) is 2.16. The lowest BCUT2D eigenvalue weighted by Gasteiger charge is -2.12. The lowest BCUT2D eigenvalue weighted by molar-refractivity contribution is 0.0120. The minimum atomic E-state index is -3.43. The number of methoxy groups -OCH3 is 1. The van der Waals surface area contributed by atoms with Crippen LogP contribution in [0.1, 0.15) is 17.3 Å². The summed E-state index contributed by atoms with van der Waals surface area (Å²) in [6.45, 7) is 1.93. The molecule has 1 atom stereocenters. The van der Waals surface area contributed by atoms with Gasteiger partial charge in [0.05, 0.1) is 17.1 Å². The molecule has 0 aliphatic heterocycles. The van der Waals surface area contributed by atoms with Crippen LogP contribution < -0.4 is 5.73 Å². The second kappa shape index (κ2) is 6.03. The van der Waals surface area contributed by atoms with E-state index >= 15 is 0 Å². The number of benzene rings is 1. The Balaban J connectivity index is 3.01. The number of ether oxygens (including phenoxy) is 2. The predicted molar refractivity (Wildman–Crippen MR) is 70.7 cm³/mol. The molecule has 1 aromatic rings. The van der Waals surface area contributed by atoms with Gasteiger partial charge in [0.25, 0.3) is 0 Å². The van der Waals surface area contributed by atoms with Gasteiger partial charge >= 0.3 is 5.97 Å². The molecule has 0 aromatic heterocycles. The van der Waals surface area contributed by atoms with Crippen LogP contribution in [0.15, 0.2) is 23.1 Å². The first-order chi connectivity index (χ1) is 8.74. The first-order valence-electron chi connectivity index (χ1n) is 5.54. The summed E-state index contributed by atoms with van der Waals surface area (Å²) in [6.07, 6.45) is 0.616. The molecule has 0 heterocycles. The third-order valence-corrected chi connectivity index (χ3v) is 3.39. The van der Waals surface area contributed by atoms with Gasteiger partial charge in [0.2, 0.25) is 0 Å². The van der Waals surface area contributed by atoms with E-state index in [1.807, 2.05) is 0 Å². The predicted octanol–water partition coefficient (Wildman–Crippen LogP) is 0.864. The van der Waals surface area contributed by atoms with E-state index in [9.17, 15) is 13.2 Å². The first-order valence-corrected chi connectivity index (χ1v) is 7.43. The van der Waals surface area contributed by atoms with Gasteiger partial charge in [0.15, 0.2) is 9.84 Å². The molecule has 0 bridgehead atoms. The first kappa shape index (κ1) is 15.5. The zero-order chi connectivity index (χ0) is 14.6. The Bertz CT molecular complexity index is 567. The maximum atomic E-state index is 11.8. The third-order valence-electron chi connectivity index (χ3n) is 2.30. The topological polar surface area (TPSA) is 95.7 Å². The van der Waals surface area contributed by atoms with Crippen LogP contribution in [0, 0.1) is 0 Å². The van der Waals surface area contributed by atoms with Crippen LogP contribution in [-0.4, -0.2) is 40.5 Å².